The number of hydrogen-bond acceptors (Lipinski definition) is 4. The molecule has 1 saturated heterocycles. The summed E-state index contributed by atoms with van der Waals surface area (Å²) in [6, 6.07) is 3.57. The summed E-state index contributed by atoms with van der Waals surface area (Å²) in [6.45, 7) is 3.45. The lowest BCUT2D eigenvalue weighted by molar-refractivity contribution is -0.126. The van der Waals surface area contributed by atoms with Gasteiger partial charge in [-0.1, -0.05) is 0 Å². The Hall–Kier alpha value is -2.57. The fourth-order valence-corrected chi connectivity index (χ4v) is 2.53. The largest absolute Gasteiger partial charge is 0.467 e. The fourth-order valence-electron chi connectivity index (χ4n) is 2.53. The maximum Gasteiger partial charge on any atom is 0.227 e. The van der Waals surface area contributed by atoms with Gasteiger partial charge < -0.3 is 14.6 Å². The van der Waals surface area contributed by atoms with Gasteiger partial charge in [0, 0.05) is 25.7 Å². The van der Waals surface area contributed by atoms with E-state index in [1.807, 2.05) is 13.1 Å². The van der Waals surface area contributed by atoms with Crippen LogP contribution in [0, 0.1) is 5.92 Å². The Balaban J connectivity index is 1.60. The van der Waals surface area contributed by atoms with Crippen molar-refractivity contribution in [1.82, 2.24) is 15.1 Å². The summed E-state index contributed by atoms with van der Waals surface area (Å²) in [5.41, 5.74) is 0.744. The van der Waals surface area contributed by atoms with Gasteiger partial charge in [-0.3, -0.25) is 14.3 Å². The second-order valence-corrected chi connectivity index (χ2v) is 5.26. The Kier molecular flexibility index (Phi) is 3.95. The van der Waals surface area contributed by atoms with E-state index in [2.05, 4.69) is 10.4 Å². The molecule has 1 aliphatic heterocycles. The van der Waals surface area contributed by atoms with Gasteiger partial charge in [0.05, 0.1) is 30.6 Å². The van der Waals surface area contributed by atoms with Crippen molar-refractivity contribution >= 4 is 17.5 Å². The Morgan fingerprint density at radius 1 is 1.55 bits per heavy atom. The van der Waals surface area contributed by atoms with E-state index in [1.165, 1.54) is 0 Å². The number of amides is 2. The van der Waals surface area contributed by atoms with Crippen LogP contribution >= 0.6 is 0 Å². The van der Waals surface area contributed by atoms with Crippen LogP contribution in [-0.2, 0) is 22.7 Å². The Bertz CT molecular complexity index is 662. The normalized spacial score (nSPS) is 18.0. The van der Waals surface area contributed by atoms with E-state index >= 15 is 0 Å². The van der Waals surface area contributed by atoms with Crippen LogP contribution in [0.15, 0.2) is 35.2 Å². The molecule has 0 unspecified atom stereocenters. The van der Waals surface area contributed by atoms with Crippen LogP contribution in [-0.4, -0.2) is 28.1 Å². The molecule has 2 amide bonds. The molecule has 116 valence electrons. The number of anilines is 1. The number of rotatable bonds is 5. The highest BCUT2D eigenvalue weighted by molar-refractivity contribution is 6.00. The molecule has 7 heteroatoms. The van der Waals surface area contributed by atoms with Crippen LogP contribution in [0.1, 0.15) is 19.1 Å². The molecule has 1 N–H and O–H groups in total. The monoisotopic (exact) mass is 302 g/mol. The van der Waals surface area contributed by atoms with Gasteiger partial charge in [-0.2, -0.15) is 5.10 Å². The lowest BCUT2D eigenvalue weighted by atomic mass is 10.1. The smallest absolute Gasteiger partial charge is 0.227 e. The number of aryl methyl sites for hydroxylation is 1. The highest BCUT2D eigenvalue weighted by atomic mass is 16.3. The molecule has 1 fully saturated rings. The SMILES string of the molecule is CCn1cc(N2C[C@H](C(=O)NCc3ccco3)CC2=O)cn1. The lowest BCUT2D eigenvalue weighted by Gasteiger charge is -2.14. The first-order valence-electron chi connectivity index (χ1n) is 7.30. The molecule has 0 aliphatic carbocycles. The summed E-state index contributed by atoms with van der Waals surface area (Å²) in [6.07, 6.45) is 5.26. The number of carbonyl (C=O) groups is 2. The van der Waals surface area contributed by atoms with Crippen LogP contribution < -0.4 is 10.2 Å². The minimum Gasteiger partial charge on any atom is -0.467 e. The molecule has 0 radical (unpaired) electrons. The van der Waals surface area contributed by atoms with Gasteiger partial charge in [0.1, 0.15) is 5.76 Å². The summed E-state index contributed by atoms with van der Waals surface area (Å²) in [7, 11) is 0. The number of aromatic nitrogens is 2. The van der Waals surface area contributed by atoms with Gasteiger partial charge in [0.2, 0.25) is 11.8 Å². The first-order chi connectivity index (χ1) is 10.7. The molecule has 1 atom stereocenters. The summed E-state index contributed by atoms with van der Waals surface area (Å²) < 4.78 is 6.93. The van der Waals surface area contributed by atoms with E-state index in [9.17, 15) is 9.59 Å². The van der Waals surface area contributed by atoms with Crippen molar-refractivity contribution in [2.24, 2.45) is 5.92 Å². The van der Waals surface area contributed by atoms with Crippen molar-refractivity contribution in [3.63, 3.8) is 0 Å². The zero-order valence-corrected chi connectivity index (χ0v) is 12.4. The van der Waals surface area contributed by atoms with E-state index in [0.717, 1.165) is 12.2 Å². The van der Waals surface area contributed by atoms with E-state index < -0.39 is 0 Å². The average molecular weight is 302 g/mol. The third-order valence-corrected chi connectivity index (χ3v) is 3.77. The van der Waals surface area contributed by atoms with E-state index in [1.54, 1.807) is 34.2 Å². The molecule has 0 aromatic carbocycles. The van der Waals surface area contributed by atoms with Crippen LogP contribution in [0.5, 0.6) is 0 Å². The maximum absolute atomic E-state index is 12.2. The van der Waals surface area contributed by atoms with E-state index in [0.29, 0.717) is 18.8 Å². The zero-order valence-electron chi connectivity index (χ0n) is 12.4. The van der Waals surface area contributed by atoms with E-state index in [-0.39, 0.29) is 24.2 Å². The van der Waals surface area contributed by atoms with Gasteiger partial charge >= 0.3 is 0 Å². The maximum atomic E-state index is 12.2. The minimum absolute atomic E-state index is 0.0474. The Labute approximate surface area is 127 Å². The van der Waals surface area contributed by atoms with Gasteiger partial charge in [-0.15, -0.1) is 0 Å². The van der Waals surface area contributed by atoms with Crippen molar-refractivity contribution in [3.05, 3.63) is 36.5 Å². The van der Waals surface area contributed by atoms with Gasteiger partial charge in [-0.05, 0) is 19.1 Å². The van der Waals surface area contributed by atoms with Crippen molar-refractivity contribution in [1.29, 1.82) is 0 Å². The van der Waals surface area contributed by atoms with Crippen LogP contribution in [0.2, 0.25) is 0 Å². The molecule has 3 rings (SSSR count). The van der Waals surface area contributed by atoms with Crippen LogP contribution in [0.25, 0.3) is 0 Å². The van der Waals surface area contributed by atoms with Crippen LogP contribution in [0.4, 0.5) is 5.69 Å². The molecule has 0 bridgehead atoms. The third-order valence-electron chi connectivity index (χ3n) is 3.77. The van der Waals surface area contributed by atoms with Crippen LogP contribution in [0.3, 0.4) is 0 Å². The summed E-state index contributed by atoms with van der Waals surface area (Å²) in [4.78, 5) is 25.9. The molecule has 2 aromatic heterocycles. The number of nitrogens with one attached hydrogen (secondary N) is 1. The number of furan rings is 1. The molecular weight excluding hydrogens is 284 g/mol. The Morgan fingerprint density at radius 3 is 3.09 bits per heavy atom. The Morgan fingerprint density at radius 2 is 2.41 bits per heavy atom. The first-order valence-corrected chi connectivity index (χ1v) is 7.30. The number of carbonyl (C=O) groups excluding carboxylic acids is 2. The van der Waals surface area contributed by atoms with Crippen molar-refractivity contribution in [2.75, 3.05) is 11.4 Å². The number of nitrogens with zero attached hydrogens (tertiary/aromatic N) is 3. The van der Waals surface area contributed by atoms with Gasteiger partial charge in [-0.25, -0.2) is 0 Å². The first kappa shape index (κ1) is 14.4. The molecule has 2 aromatic rings. The van der Waals surface area contributed by atoms with Gasteiger partial charge in [0.25, 0.3) is 0 Å². The average Bonchev–Trinajstić information content (AvgIpc) is 3.24. The molecular formula is C15H18N4O3. The summed E-state index contributed by atoms with van der Waals surface area (Å²) >= 11 is 0. The molecule has 7 nitrogen and oxygen atoms in total. The quantitative estimate of drug-likeness (QED) is 0.899. The number of hydrogen-bond donors (Lipinski definition) is 1. The second kappa shape index (κ2) is 6.05. The minimum atomic E-state index is -0.340. The topological polar surface area (TPSA) is 80.4 Å². The fraction of sp³-hybridized carbons (Fsp3) is 0.400. The zero-order chi connectivity index (χ0) is 15.5. The standard InChI is InChI=1S/C15H18N4O3/c1-2-18-10-12(7-17-18)19-9-11(6-14(19)20)15(21)16-8-13-4-3-5-22-13/h3-5,7,10-11H,2,6,8-9H2,1H3,(H,16,21)/t11-/m1/s1. The summed E-state index contributed by atoms with van der Waals surface area (Å²) in [5.74, 6) is 0.176. The predicted molar refractivity (Wildman–Crippen MR) is 78.9 cm³/mol. The molecule has 22 heavy (non-hydrogen) atoms. The highest BCUT2D eigenvalue weighted by Crippen LogP contribution is 2.24. The lowest BCUT2D eigenvalue weighted by Crippen LogP contribution is -2.32. The van der Waals surface area contributed by atoms with Gasteiger partial charge in [0.15, 0.2) is 0 Å². The molecule has 3 heterocycles. The second-order valence-electron chi connectivity index (χ2n) is 5.26. The van der Waals surface area contributed by atoms with Crippen molar-refractivity contribution in [3.8, 4) is 0 Å². The highest BCUT2D eigenvalue weighted by Gasteiger charge is 2.35. The van der Waals surface area contributed by atoms with Crippen molar-refractivity contribution < 1.29 is 14.0 Å². The predicted octanol–water partition coefficient (Wildman–Crippen LogP) is 1.17. The molecule has 0 saturated carbocycles. The molecule has 1 aliphatic rings. The summed E-state index contributed by atoms with van der Waals surface area (Å²) in [5, 5.41) is 6.97. The van der Waals surface area contributed by atoms with E-state index in [4.69, 9.17) is 4.42 Å². The van der Waals surface area contributed by atoms with Crippen molar-refractivity contribution in [2.45, 2.75) is 26.4 Å². The third kappa shape index (κ3) is 2.88. The molecule has 0 spiro atoms.